The number of benzene rings is 1. The number of hydrogen-bond donors (Lipinski definition) is 2. The van der Waals surface area contributed by atoms with Crippen LogP contribution in [0.5, 0.6) is 0 Å². The van der Waals surface area contributed by atoms with Crippen molar-refractivity contribution in [2.24, 2.45) is 0 Å². The summed E-state index contributed by atoms with van der Waals surface area (Å²) in [5.41, 5.74) is 1.04. The average Bonchev–Trinajstić information content (AvgIpc) is 3.00. The molecular weight excluding hydrogens is 437 g/mol. The van der Waals surface area contributed by atoms with Gasteiger partial charge in [-0.15, -0.1) is 24.8 Å². The summed E-state index contributed by atoms with van der Waals surface area (Å²) in [4.78, 5) is 28.0. The molecule has 2 saturated heterocycles. The van der Waals surface area contributed by atoms with E-state index < -0.39 is 30.8 Å². The summed E-state index contributed by atoms with van der Waals surface area (Å²) in [5.74, 6) is -3.64. The standard InChI is InChI=1S/C17H21ClF2N4O2.2ClH/c18-12-1-3-13(4-2-12)23-5-7-24(8-6-23)15(25)10-21-16(26)14-9-17(19,20)11-22-14;;/h1-4,14,22H,5-11H2,(H,21,26);2*1H. The number of nitrogens with zero attached hydrogens (tertiary/aromatic N) is 2. The number of nitrogens with one attached hydrogen (secondary N) is 2. The molecule has 11 heteroatoms. The average molecular weight is 460 g/mol. The lowest BCUT2D eigenvalue weighted by Crippen LogP contribution is -2.52. The van der Waals surface area contributed by atoms with Gasteiger partial charge in [-0.05, 0) is 24.3 Å². The first-order valence-electron chi connectivity index (χ1n) is 8.51. The fourth-order valence-electron chi connectivity index (χ4n) is 3.16. The van der Waals surface area contributed by atoms with E-state index in [1.807, 2.05) is 24.3 Å². The summed E-state index contributed by atoms with van der Waals surface area (Å²) < 4.78 is 26.2. The summed E-state index contributed by atoms with van der Waals surface area (Å²) in [7, 11) is 0. The fourth-order valence-corrected chi connectivity index (χ4v) is 3.29. The van der Waals surface area contributed by atoms with Crippen molar-refractivity contribution >= 4 is 53.9 Å². The minimum Gasteiger partial charge on any atom is -0.368 e. The molecular formula is C17H23Cl3F2N4O2. The van der Waals surface area contributed by atoms with E-state index in [-0.39, 0.29) is 37.3 Å². The highest BCUT2D eigenvalue weighted by atomic mass is 35.5. The topological polar surface area (TPSA) is 64.7 Å². The zero-order valence-electron chi connectivity index (χ0n) is 15.0. The molecule has 0 radical (unpaired) electrons. The number of anilines is 1. The van der Waals surface area contributed by atoms with Gasteiger partial charge >= 0.3 is 0 Å². The molecule has 0 bridgehead atoms. The molecule has 28 heavy (non-hydrogen) atoms. The van der Waals surface area contributed by atoms with E-state index in [0.29, 0.717) is 31.2 Å². The second-order valence-corrected chi connectivity index (χ2v) is 6.99. The van der Waals surface area contributed by atoms with Crippen LogP contribution in [0.3, 0.4) is 0 Å². The van der Waals surface area contributed by atoms with Gasteiger partial charge in [0.1, 0.15) is 0 Å². The van der Waals surface area contributed by atoms with Crippen LogP contribution in [0.4, 0.5) is 14.5 Å². The predicted molar refractivity (Wildman–Crippen MR) is 109 cm³/mol. The highest BCUT2D eigenvalue weighted by Gasteiger charge is 2.42. The van der Waals surface area contributed by atoms with Crippen molar-refractivity contribution in [3.63, 3.8) is 0 Å². The predicted octanol–water partition coefficient (Wildman–Crippen LogP) is 1.95. The van der Waals surface area contributed by atoms with Crippen molar-refractivity contribution in [2.75, 3.05) is 44.2 Å². The van der Waals surface area contributed by atoms with Gasteiger partial charge in [-0.2, -0.15) is 0 Å². The van der Waals surface area contributed by atoms with Crippen LogP contribution in [0.1, 0.15) is 6.42 Å². The smallest absolute Gasteiger partial charge is 0.262 e. The van der Waals surface area contributed by atoms with E-state index in [0.717, 1.165) is 5.69 Å². The summed E-state index contributed by atoms with van der Waals surface area (Å²) in [5, 5.41) is 5.60. The number of halogens is 5. The lowest BCUT2D eigenvalue weighted by atomic mass is 10.2. The van der Waals surface area contributed by atoms with Gasteiger partial charge in [-0.1, -0.05) is 11.6 Å². The molecule has 2 aliphatic heterocycles. The van der Waals surface area contributed by atoms with Crippen LogP contribution >= 0.6 is 36.4 Å². The van der Waals surface area contributed by atoms with Gasteiger partial charge in [0.2, 0.25) is 11.8 Å². The van der Waals surface area contributed by atoms with E-state index in [4.69, 9.17) is 11.6 Å². The minimum absolute atomic E-state index is 0. The first-order chi connectivity index (χ1) is 12.3. The van der Waals surface area contributed by atoms with Crippen molar-refractivity contribution in [1.29, 1.82) is 0 Å². The maximum absolute atomic E-state index is 13.1. The molecule has 0 saturated carbocycles. The molecule has 0 aromatic heterocycles. The molecule has 2 fully saturated rings. The molecule has 3 rings (SSSR count). The van der Waals surface area contributed by atoms with Gasteiger partial charge in [0.15, 0.2) is 0 Å². The molecule has 6 nitrogen and oxygen atoms in total. The van der Waals surface area contributed by atoms with Gasteiger partial charge in [-0.3, -0.25) is 14.9 Å². The number of rotatable bonds is 4. The summed E-state index contributed by atoms with van der Waals surface area (Å²) in [6.45, 7) is 1.75. The maximum Gasteiger partial charge on any atom is 0.262 e. The number of carbonyl (C=O) groups excluding carboxylic acids is 2. The quantitative estimate of drug-likeness (QED) is 0.722. The van der Waals surface area contributed by atoms with Crippen molar-refractivity contribution < 1.29 is 18.4 Å². The van der Waals surface area contributed by atoms with Gasteiger partial charge in [0.05, 0.1) is 19.1 Å². The Hall–Kier alpha value is -1.35. The number of piperazine rings is 1. The van der Waals surface area contributed by atoms with E-state index in [1.165, 1.54) is 0 Å². The minimum atomic E-state index is -2.87. The van der Waals surface area contributed by atoms with Gasteiger partial charge in [-0.25, -0.2) is 8.78 Å². The second kappa shape index (κ2) is 10.4. The Morgan fingerprint density at radius 1 is 1.14 bits per heavy atom. The summed E-state index contributed by atoms with van der Waals surface area (Å²) in [6, 6.07) is 6.57. The third kappa shape index (κ3) is 6.34. The summed E-state index contributed by atoms with van der Waals surface area (Å²) in [6.07, 6.45) is -0.535. The van der Waals surface area contributed by atoms with Crippen molar-refractivity contribution in [3.05, 3.63) is 29.3 Å². The maximum atomic E-state index is 13.1. The Morgan fingerprint density at radius 2 is 1.75 bits per heavy atom. The first kappa shape index (κ1) is 24.7. The molecule has 1 aromatic carbocycles. The Balaban J connectivity index is 0.00000196. The lowest BCUT2D eigenvalue weighted by molar-refractivity contribution is -0.133. The largest absolute Gasteiger partial charge is 0.368 e. The number of hydrogen-bond acceptors (Lipinski definition) is 4. The van der Waals surface area contributed by atoms with Crippen molar-refractivity contribution in [1.82, 2.24) is 15.5 Å². The van der Waals surface area contributed by atoms with E-state index in [2.05, 4.69) is 15.5 Å². The zero-order valence-corrected chi connectivity index (χ0v) is 17.4. The molecule has 1 unspecified atom stereocenters. The Kier molecular flexibility index (Phi) is 9.20. The van der Waals surface area contributed by atoms with E-state index in [1.54, 1.807) is 4.90 Å². The van der Waals surface area contributed by atoms with Crippen molar-refractivity contribution in [2.45, 2.75) is 18.4 Å². The van der Waals surface area contributed by atoms with Crippen LogP contribution in [0.25, 0.3) is 0 Å². The number of amides is 2. The normalized spacial score (nSPS) is 20.8. The molecule has 0 aliphatic carbocycles. The van der Waals surface area contributed by atoms with Crippen LogP contribution in [0.2, 0.25) is 5.02 Å². The molecule has 1 aromatic rings. The van der Waals surface area contributed by atoms with Gasteiger partial charge in [0, 0.05) is 43.3 Å². The van der Waals surface area contributed by atoms with Crippen LogP contribution in [0, 0.1) is 0 Å². The van der Waals surface area contributed by atoms with E-state index in [9.17, 15) is 18.4 Å². The third-order valence-corrected chi connectivity index (χ3v) is 4.92. The van der Waals surface area contributed by atoms with Crippen LogP contribution in [0.15, 0.2) is 24.3 Å². The highest BCUT2D eigenvalue weighted by Crippen LogP contribution is 2.25. The third-order valence-electron chi connectivity index (χ3n) is 4.66. The number of carbonyl (C=O) groups is 2. The van der Waals surface area contributed by atoms with E-state index >= 15 is 0 Å². The molecule has 1 atom stereocenters. The van der Waals surface area contributed by atoms with Crippen LogP contribution in [-0.4, -0.2) is 67.9 Å². The van der Waals surface area contributed by atoms with Gasteiger partial charge < -0.3 is 15.1 Å². The Morgan fingerprint density at radius 3 is 2.29 bits per heavy atom. The molecule has 2 N–H and O–H groups in total. The molecule has 2 aliphatic rings. The lowest BCUT2D eigenvalue weighted by Gasteiger charge is -2.36. The molecule has 2 amide bonds. The molecule has 0 spiro atoms. The molecule has 2 heterocycles. The second-order valence-electron chi connectivity index (χ2n) is 6.56. The van der Waals surface area contributed by atoms with Crippen LogP contribution < -0.4 is 15.5 Å². The fraction of sp³-hybridized carbons (Fsp3) is 0.529. The monoisotopic (exact) mass is 458 g/mol. The summed E-state index contributed by atoms with van der Waals surface area (Å²) >= 11 is 5.89. The van der Waals surface area contributed by atoms with Crippen LogP contribution in [-0.2, 0) is 9.59 Å². The van der Waals surface area contributed by atoms with Crippen molar-refractivity contribution in [3.8, 4) is 0 Å². The first-order valence-corrected chi connectivity index (χ1v) is 8.89. The zero-order chi connectivity index (χ0) is 18.7. The highest BCUT2D eigenvalue weighted by molar-refractivity contribution is 6.30. The SMILES string of the molecule is Cl.Cl.O=C(NCC(=O)N1CCN(c2ccc(Cl)cc2)CC1)C1CC(F)(F)CN1. The molecule has 158 valence electrons. The Labute approximate surface area is 179 Å². The van der Waals surface area contributed by atoms with Gasteiger partial charge in [0.25, 0.3) is 5.92 Å². The number of alkyl halides is 2. The Bertz CT molecular complexity index is 671.